The Kier molecular flexibility index (Phi) is 6.69. The van der Waals surface area contributed by atoms with Gasteiger partial charge in [-0.25, -0.2) is 15.0 Å². The van der Waals surface area contributed by atoms with Gasteiger partial charge in [0.25, 0.3) is 0 Å². The maximum absolute atomic E-state index is 12.3. The lowest BCUT2D eigenvalue weighted by atomic mass is 10.1. The van der Waals surface area contributed by atoms with Crippen LogP contribution in [0.5, 0.6) is 0 Å². The first-order valence-electron chi connectivity index (χ1n) is 10.3. The van der Waals surface area contributed by atoms with E-state index in [4.69, 9.17) is 10.5 Å². The van der Waals surface area contributed by atoms with E-state index in [0.717, 1.165) is 13.1 Å². The molecule has 170 valence electrons. The Morgan fingerprint density at radius 3 is 2.74 bits per heavy atom. The molecular formula is C18H27BrN8O4. The largest absolute Gasteiger partial charge is 0.387 e. The number of nitrogens with zero attached hydrogens (tertiary/aromatic N) is 5. The lowest BCUT2D eigenvalue weighted by Crippen LogP contribution is -2.50. The number of amides is 1. The summed E-state index contributed by atoms with van der Waals surface area (Å²) in [5, 5.41) is 27.4. The number of carbonyl (C=O) groups is 1. The summed E-state index contributed by atoms with van der Waals surface area (Å²) in [6.07, 6.45) is -3.44. The number of aryl methyl sites for hydroxylation is 1. The van der Waals surface area contributed by atoms with E-state index in [1.54, 1.807) is 9.47 Å². The predicted octanol–water partition coefficient (Wildman–Crippen LogP) is -1.63. The summed E-state index contributed by atoms with van der Waals surface area (Å²) in [4.78, 5) is 27.1. The molecule has 4 atom stereocenters. The number of rotatable bonds is 6. The van der Waals surface area contributed by atoms with Crippen LogP contribution in [0.1, 0.15) is 19.0 Å². The van der Waals surface area contributed by atoms with Crippen LogP contribution in [0.15, 0.2) is 4.73 Å². The number of aliphatic hydroxyl groups is 2. The van der Waals surface area contributed by atoms with Crippen LogP contribution in [0.2, 0.25) is 0 Å². The van der Waals surface area contributed by atoms with Gasteiger partial charge in [0.1, 0.15) is 24.1 Å². The Labute approximate surface area is 187 Å². The molecule has 6 N–H and O–H groups in total. The Hall–Kier alpha value is -1.90. The second kappa shape index (κ2) is 9.30. The monoisotopic (exact) mass is 498 g/mol. The number of nitrogens with two attached hydrogens (primary N) is 1. The molecule has 0 aromatic carbocycles. The number of carbonyl (C=O) groups excluding carboxylic acids is 1. The molecular weight excluding hydrogens is 472 g/mol. The molecule has 2 aromatic heterocycles. The van der Waals surface area contributed by atoms with Gasteiger partial charge < -0.3 is 36.2 Å². The van der Waals surface area contributed by atoms with Crippen molar-refractivity contribution in [1.82, 2.24) is 35.1 Å². The van der Waals surface area contributed by atoms with Gasteiger partial charge in [-0.1, -0.05) is 6.92 Å². The fraction of sp³-hybridized carbons (Fsp3) is 0.667. The number of halogens is 1. The summed E-state index contributed by atoms with van der Waals surface area (Å²) in [6.45, 7) is 5.16. The van der Waals surface area contributed by atoms with Crippen molar-refractivity contribution >= 4 is 38.8 Å². The number of nitrogen functional groups attached to an aromatic ring is 1. The quantitative estimate of drug-likeness (QED) is 0.292. The number of fused-ring (bicyclic) bond motifs is 1. The first-order valence-corrected chi connectivity index (χ1v) is 11.1. The predicted molar refractivity (Wildman–Crippen MR) is 115 cm³/mol. The van der Waals surface area contributed by atoms with E-state index in [9.17, 15) is 15.0 Å². The van der Waals surface area contributed by atoms with Crippen molar-refractivity contribution in [2.45, 2.75) is 37.9 Å². The van der Waals surface area contributed by atoms with Crippen molar-refractivity contribution in [3.05, 3.63) is 10.6 Å². The highest BCUT2D eigenvalue weighted by Gasteiger charge is 2.45. The van der Waals surface area contributed by atoms with Crippen molar-refractivity contribution in [2.24, 2.45) is 0 Å². The molecule has 2 aliphatic rings. The Morgan fingerprint density at radius 2 is 2.03 bits per heavy atom. The smallest absolute Gasteiger partial charge is 0.236 e. The van der Waals surface area contributed by atoms with Gasteiger partial charge in [-0.15, -0.1) is 0 Å². The van der Waals surface area contributed by atoms with E-state index in [1.807, 2.05) is 6.92 Å². The third kappa shape index (κ3) is 4.38. The van der Waals surface area contributed by atoms with E-state index >= 15 is 0 Å². The molecule has 0 unspecified atom stereocenters. The summed E-state index contributed by atoms with van der Waals surface area (Å²) >= 11 is 3.37. The zero-order valence-electron chi connectivity index (χ0n) is 17.2. The van der Waals surface area contributed by atoms with Gasteiger partial charge in [0.15, 0.2) is 27.9 Å². The van der Waals surface area contributed by atoms with E-state index in [2.05, 4.69) is 41.5 Å². The fourth-order valence-electron chi connectivity index (χ4n) is 3.86. The molecule has 4 heterocycles. The number of hydrogen-bond donors (Lipinski definition) is 5. The number of hydrogen-bond acceptors (Lipinski definition) is 10. The number of anilines is 1. The van der Waals surface area contributed by atoms with Crippen LogP contribution in [0.3, 0.4) is 0 Å². The first-order chi connectivity index (χ1) is 14.9. The van der Waals surface area contributed by atoms with Crippen LogP contribution in [0.25, 0.3) is 11.2 Å². The first kappa shape index (κ1) is 22.3. The van der Waals surface area contributed by atoms with Crippen LogP contribution in [-0.2, 0) is 16.0 Å². The lowest BCUT2D eigenvalue weighted by Gasteiger charge is -2.27. The zero-order valence-corrected chi connectivity index (χ0v) is 18.7. The summed E-state index contributed by atoms with van der Waals surface area (Å²) in [5.74, 6) is 0.768. The minimum atomic E-state index is -1.22. The number of ether oxygens (including phenoxy) is 1. The number of aliphatic hydroxyl groups excluding tert-OH is 2. The third-order valence-electron chi connectivity index (χ3n) is 5.57. The van der Waals surface area contributed by atoms with Gasteiger partial charge in [0.2, 0.25) is 5.91 Å². The lowest BCUT2D eigenvalue weighted by molar-refractivity contribution is -0.130. The van der Waals surface area contributed by atoms with Crippen molar-refractivity contribution in [2.75, 3.05) is 45.0 Å². The van der Waals surface area contributed by atoms with E-state index in [0.29, 0.717) is 41.2 Å². The molecule has 0 aliphatic carbocycles. The molecule has 2 aliphatic heterocycles. The molecule has 1 amide bonds. The highest BCUT2D eigenvalue weighted by molar-refractivity contribution is 9.10. The van der Waals surface area contributed by atoms with Gasteiger partial charge in [0, 0.05) is 39.1 Å². The summed E-state index contributed by atoms with van der Waals surface area (Å²) in [7, 11) is 0. The van der Waals surface area contributed by atoms with Gasteiger partial charge in [-0.3, -0.25) is 9.36 Å². The summed E-state index contributed by atoms with van der Waals surface area (Å²) in [6, 6.07) is 0. The number of aromatic nitrogens is 4. The Bertz CT molecular complexity index is 950. The highest BCUT2D eigenvalue weighted by Crippen LogP contribution is 2.35. The Balaban J connectivity index is 1.46. The molecule has 0 spiro atoms. The molecule has 12 nitrogen and oxygen atoms in total. The van der Waals surface area contributed by atoms with Gasteiger partial charge in [-0.2, -0.15) is 0 Å². The molecule has 0 radical (unpaired) electrons. The van der Waals surface area contributed by atoms with Crippen molar-refractivity contribution in [1.29, 1.82) is 0 Å². The van der Waals surface area contributed by atoms with Crippen LogP contribution < -0.4 is 16.4 Å². The van der Waals surface area contributed by atoms with Gasteiger partial charge in [0.05, 0.1) is 6.54 Å². The van der Waals surface area contributed by atoms with Crippen LogP contribution in [-0.4, -0.2) is 98.1 Å². The molecule has 31 heavy (non-hydrogen) atoms. The second-order valence-corrected chi connectivity index (χ2v) is 8.32. The van der Waals surface area contributed by atoms with Crippen LogP contribution in [0, 0.1) is 0 Å². The van der Waals surface area contributed by atoms with Crippen molar-refractivity contribution in [3.63, 3.8) is 0 Å². The van der Waals surface area contributed by atoms with E-state index in [-0.39, 0.29) is 24.8 Å². The normalized spacial score (nSPS) is 26.6. The van der Waals surface area contributed by atoms with E-state index < -0.39 is 24.5 Å². The Morgan fingerprint density at radius 1 is 1.29 bits per heavy atom. The minimum Gasteiger partial charge on any atom is -0.387 e. The maximum atomic E-state index is 12.3. The topological polar surface area (TPSA) is 164 Å². The molecule has 2 fully saturated rings. The molecule has 0 saturated carbocycles. The number of piperazine rings is 1. The van der Waals surface area contributed by atoms with Crippen LogP contribution >= 0.6 is 15.9 Å². The molecule has 2 saturated heterocycles. The average Bonchev–Trinajstić information content (AvgIpc) is 3.25. The van der Waals surface area contributed by atoms with E-state index in [1.165, 1.54) is 0 Å². The summed E-state index contributed by atoms with van der Waals surface area (Å²) < 4.78 is 7.87. The summed E-state index contributed by atoms with van der Waals surface area (Å²) in [5.41, 5.74) is 6.81. The molecule has 2 aromatic rings. The highest BCUT2D eigenvalue weighted by atomic mass is 79.9. The number of nitrogens with one attached hydrogen (secondary N) is 2. The average molecular weight is 499 g/mol. The van der Waals surface area contributed by atoms with Gasteiger partial charge in [-0.05, 0) is 15.9 Å². The zero-order chi connectivity index (χ0) is 22.1. The van der Waals surface area contributed by atoms with Crippen molar-refractivity contribution in [3.8, 4) is 0 Å². The standard InChI is InChI=1S/C18H27BrN8O4/c1-2-10-23-15(20)12-16(24-10)27(18(19)25-12)17-14(30)13(29)9(31-17)7-22-8-11(28)26-5-3-21-4-6-26/h9,13-14,17,21-22,29-30H,2-8H2,1H3,(H2,20,23,24)/t9-,13-,14-,17-/m1/s1. The van der Waals surface area contributed by atoms with Crippen LogP contribution in [0.4, 0.5) is 5.82 Å². The fourth-order valence-corrected chi connectivity index (χ4v) is 4.40. The SMILES string of the molecule is CCc1nc(N)c2nc(Br)n([C@@H]3O[C@H](CNCC(=O)N4CCNCC4)[C@@H](O)[C@H]3O)c2n1. The number of imidazole rings is 1. The van der Waals surface area contributed by atoms with Crippen molar-refractivity contribution < 1.29 is 19.7 Å². The maximum Gasteiger partial charge on any atom is 0.236 e. The molecule has 0 bridgehead atoms. The second-order valence-electron chi connectivity index (χ2n) is 7.61. The molecule has 13 heteroatoms. The van der Waals surface area contributed by atoms with Gasteiger partial charge >= 0.3 is 0 Å². The molecule has 4 rings (SSSR count). The minimum absolute atomic E-state index is 0.00583. The third-order valence-corrected chi connectivity index (χ3v) is 6.13.